The summed E-state index contributed by atoms with van der Waals surface area (Å²) >= 11 is 0. The van der Waals surface area contributed by atoms with Crippen molar-refractivity contribution in [1.29, 1.82) is 0 Å². The van der Waals surface area contributed by atoms with E-state index in [4.69, 9.17) is 11.5 Å². The van der Waals surface area contributed by atoms with Gasteiger partial charge in [0.05, 0.1) is 11.4 Å². The van der Waals surface area contributed by atoms with Crippen molar-refractivity contribution in [2.75, 3.05) is 11.5 Å². The monoisotopic (exact) mass is 346 g/mol. The van der Waals surface area contributed by atoms with Crippen LogP contribution in [0.4, 0.5) is 11.4 Å². The number of nitrogens with two attached hydrogens (primary N) is 2. The molecule has 136 valence electrons. The lowest BCUT2D eigenvalue weighted by Crippen LogP contribution is -2.25. The van der Waals surface area contributed by atoms with Crippen LogP contribution in [0.2, 0.25) is 0 Å². The van der Waals surface area contributed by atoms with Gasteiger partial charge in [0, 0.05) is 10.8 Å². The van der Waals surface area contributed by atoms with E-state index in [1.165, 1.54) is 5.56 Å². The lowest BCUT2D eigenvalue weighted by atomic mass is 9.72. The Hall–Kier alpha value is -2.74. The summed E-state index contributed by atoms with van der Waals surface area (Å²) in [7, 11) is 0. The minimum Gasteiger partial charge on any atom is -0.397 e. The largest absolute Gasteiger partial charge is 0.397 e. The Kier molecular flexibility index (Phi) is 5.46. The molecule has 0 radical (unpaired) electrons. The highest BCUT2D eigenvalue weighted by atomic mass is 14.7. The van der Waals surface area contributed by atoms with E-state index in [0.29, 0.717) is 11.4 Å². The van der Waals surface area contributed by atoms with E-state index in [1.54, 1.807) is 6.08 Å². The maximum absolute atomic E-state index is 6.40. The summed E-state index contributed by atoms with van der Waals surface area (Å²) < 4.78 is 0. The number of nitrogen functional groups attached to an aromatic ring is 2. The third kappa shape index (κ3) is 3.45. The van der Waals surface area contributed by atoms with Crippen LogP contribution in [0.1, 0.15) is 44.4 Å². The second kappa shape index (κ2) is 7.25. The first kappa shape index (κ1) is 19.6. The fourth-order valence-corrected chi connectivity index (χ4v) is 3.39. The van der Waals surface area contributed by atoms with Crippen molar-refractivity contribution in [3.05, 3.63) is 96.1 Å². The average molecular weight is 347 g/mol. The first-order valence-electron chi connectivity index (χ1n) is 8.87. The zero-order chi connectivity index (χ0) is 19.5. The second-order valence-corrected chi connectivity index (χ2v) is 7.70. The fourth-order valence-electron chi connectivity index (χ4n) is 3.39. The Bertz CT molecular complexity index is 840. The fraction of sp³-hybridized carbons (Fsp3) is 0.250. The van der Waals surface area contributed by atoms with Crippen molar-refractivity contribution >= 4 is 11.4 Å². The van der Waals surface area contributed by atoms with Gasteiger partial charge in [0.1, 0.15) is 0 Å². The predicted octanol–water partition coefficient (Wildman–Crippen LogP) is 5.75. The summed E-state index contributed by atoms with van der Waals surface area (Å²) in [5.41, 5.74) is 17.8. The molecule has 0 unspecified atom stereocenters. The van der Waals surface area contributed by atoms with Crippen molar-refractivity contribution in [1.82, 2.24) is 0 Å². The van der Waals surface area contributed by atoms with Gasteiger partial charge in [0.2, 0.25) is 0 Å². The molecule has 0 spiro atoms. The molecule has 0 bridgehead atoms. The predicted molar refractivity (Wildman–Crippen MR) is 115 cm³/mol. The molecule has 4 N–H and O–H groups in total. The van der Waals surface area contributed by atoms with Gasteiger partial charge >= 0.3 is 0 Å². The maximum atomic E-state index is 6.40. The molecule has 2 heteroatoms. The molecule has 0 fully saturated rings. The van der Waals surface area contributed by atoms with Gasteiger partial charge in [-0.3, -0.25) is 0 Å². The van der Waals surface area contributed by atoms with E-state index < -0.39 is 0 Å². The normalized spacial score (nSPS) is 12.7. The van der Waals surface area contributed by atoms with Crippen LogP contribution in [0.25, 0.3) is 0 Å². The van der Waals surface area contributed by atoms with E-state index in [1.807, 2.05) is 24.3 Å². The van der Waals surface area contributed by atoms with E-state index >= 15 is 0 Å². The SMILES string of the molecule is C=C/C=C(\C=C)C(C)(C)c1cc(C(C)(C)c2ccccc2)cc(N)c1N. The van der Waals surface area contributed by atoms with Crippen molar-refractivity contribution in [2.45, 2.75) is 38.5 Å². The van der Waals surface area contributed by atoms with E-state index in [9.17, 15) is 0 Å². The molecule has 2 rings (SSSR count). The van der Waals surface area contributed by atoms with Crippen LogP contribution in [0.5, 0.6) is 0 Å². The molecule has 2 aromatic rings. The zero-order valence-corrected chi connectivity index (χ0v) is 16.3. The number of benzene rings is 2. The summed E-state index contributed by atoms with van der Waals surface area (Å²) in [5, 5.41) is 0. The molecule has 0 atom stereocenters. The van der Waals surface area contributed by atoms with Gasteiger partial charge in [0.15, 0.2) is 0 Å². The molecule has 0 aromatic heterocycles. The Balaban J connectivity index is 2.69. The Morgan fingerprint density at radius 1 is 0.923 bits per heavy atom. The first-order valence-corrected chi connectivity index (χ1v) is 8.87. The molecule has 0 heterocycles. The Labute approximate surface area is 157 Å². The molecule has 0 aliphatic heterocycles. The van der Waals surface area contributed by atoms with Crippen molar-refractivity contribution in [3.63, 3.8) is 0 Å². The summed E-state index contributed by atoms with van der Waals surface area (Å²) in [6.45, 7) is 16.4. The van der Waals surface area contributed by atoms with E-state index in [-0.39, 0.29) is 10.8 Å². The van der Waals surface area contributed by atoms with Crippen LogP contribution in [0.15, 0.2) is 79.4 Å². The molecule has 0 amide bonds. The highest BCUT2D eigenvalue weighted by Gasteiger charge is 2.30. The smallest absolute Gasteiger partial charge is 0.0589 e. The third-order valence-electron chi connectivity index (χ3n) is 5.34. The van der Waals surface area contributed by atoms with Gasteiger partial charge in [-0.1, -0.05) is 95.5 Å². The van der Waals surface area contributed by atoms with Gasteiger partial charge in [0.25, 0.3) is 0 Å². The molecular formula is C24H30N2. The van der Waals surface area contributed by atoms with Gasteiger partial charge < -0.3 is 11.5 Å². The number of anilines is 2. The lowest BCUT2D eigenvalue weighted by Gasteiger charge is -2.33. The summed E-state index contributed by atoms with van der Waals surface area (Å²) in [6, 6.07) is 14.6. The molecule has 26 heavy (non-hydrogen) atoms. The molecule has 0 saturated carbocycles. The van der Waals surface area contributed by atoms with Gasteiger partial charge in [-0.15, -0.1) is 0 Å². The zero-order valence-electron chi connectivity index (χ0n) is 16.3. The van der Waals surface area contributed by atoms with Crippen LogP contribution in [-0.4, -0.2) is 0 Å². The summed E-state index contributed by atoms with van der Waals surface area (Å²) in [6.07, 6.45) is 5.60. The Morgan fingerprint density at radius 2 is 1.54 bits per heavy atom. The molecular weight excluding hydrogens is 316 g/mol. The second-order valence-electron chi connectivity index (χ2n) is 7.70. The highest BCUT2D eigenvalue weighted by Crippen LogP contribution is 2.42. The minimum absolute atomic E-state index is 0.190. The number of allylic oxidation sites excluding steroid dienone is 4. The number of rotatable bonds is 6. The summed E-state index contributed by atoms with van der Waals surface area (Å²) in [4.78, 5) is 0. The van der Waals surface area contributed by atoms with Crippen molar-refractivity contribution in [3.8, 4) is 0 Å². The number of hydrogen-bond donors (Lipinski definition) is 2. The molecule has 0 aliphatic rings. The first-order chi connectivity index (χ1) is 12.2. The molecule has 0 saturated heterocycles. The minimum atomic E-state index is -0.336. The van der Waals surface area contributed by atoms with Crippen LogP contribution >= 0.6 is 0 Å². The highest BCUT2D eigenvalue weighted by molar-refractivity contribution is 5.72. The van der Waals surface area contributed by atoms with Crippen molar-refractivity contribution in [2.24, 2.45) is 0 Å². The van der Waals surface area contributed by atoms with Crippen LogP contribution in [0, 0.1) is 0 Å². The van der Waals surface area contributed by atoms with E-state index in [2.05, 4.69) is 71.2 Å². The summed E-state index contributed by atoms with van der Waals surface area (Å²) in [5.74, 6) is 0. The maximum Gasteiger partial charge on any atom is 0.0589 e. The van der Waals surface area contributed by atoms with Gasteiger partial charge in [-0.2, -0.15) is 0 Å². The number of hydrogen-bond acceptors (Lipinski definition) is 2. The van der Waals surface area contributed by atoms with Crippen LogP contribution in [0.3, 0.4) is 0 Å². The molecule has 0 aliphatic carbocycles. The van der Waals surface area contributed by atoms with E-state index in [0.717, 1.165) is 16.7 Å². The molecule has 2 nitrogen and oxygen atoms in total. The van der Waals surface area contributed by atoms with Crippen LogP contribution in [-0.2, 0) is 10.8 Å². The van der Waals surface area contributed by atoms with Gasteiger partial charge in [-0.25, -0.2) is 0 Å². The average Bonchev–Trinajstić information content (AvgIpc) is 2.62. The van der Waals surface area contributed by atoms with Crippen LogP contribution < -0.4 is 11.5 Å². The quantitative estimate of drug-likeness (QED) is 0.516. The van der Waals surface area contributed by atoms with Crippen molar-refractivity contribution < 1.29 is 0 Å². The Morgan fingerprint density at radius 3 is 2.08 bits per heavy atom. The van der Waals surface area contributed by atoms with Gasteiger partial charge in [-0.05, 0) is 28.3 Å². The standard InChI is InChI=1S/C24H30N2/c1-7-12-17(8-2)24(5,6)20-15-19(16-21(25)22(20)26)23(3,4)18-13-10-9-11-14-18/h7-16H,1-2,25-26H2,3-6H3/b17-12+. The molecule has 2 aromatic carbocycles. The lowest BCUT2D eigenvalue weighted by molar-refractivity contribution is 0.619. The topological polar surface area (TPSA) is 52.0 Å². The third-order valence-corrected chi connectivity index (χ3v) is 5.34.